The highest BCUT2D eigenvalue weighted by molar-refractivity contribution is 6.02. The molecule has 1 heterocycles. The van der Waals surface area contributed by atoms with Crippen LogP contribution in [0, 0.1) is 0 Å². The van der Waals surface area contributed by atoms with Gasteiger partial charge < -0.3 is 5.73 Å². The maximum absolute atomic E-state index is 12.6. The van der Waals surface area contributed by atoms with E-state index in [0.717, 1.165) is 17.5 Å². The summed E-state index contributed by atoms with van der Waals surface area (Å²) in [6, 6.07) is 13.2. The van der Waals surface area contributed by atoms with Gasteiger partial charge in [0.2, 0.25) is 0 Å². The Balaban J connectivity index is 2.18. The highest BCUT2D eigenvalue weighted by Gasteiger charge is 2.30. The molecular formula is C17H11F3N2O. The van der Waals surface area contributed by atoms with Gasteiger partial charge in [0.25, 0.3) is 5.91 Å². The number of nitrogens with two attached hydrogens (primary N) is 1. The predicted molar refractivity (Wildman–Crippen MR) is 80.7 cm³/mol. The first-order valence-corrected chi connectivity index (χ1v) is 6.73. The minimum absolute atomic E-state index is 0.170. The molecule has 3 aromatic rings. The van der Waals surface area contributed by atoms with Crippen molar-refractivity contribution in [3.05, 3.63) is 65.7 Å². The maximum Gasteiger partial charge on any atom is 0.416 e. The minimum Gasteiger partial charge on any atom is -0.366 e. The molecule has 0 radical (unpaired) electrons. The first kappa shape index (κ1) is 15.0. The third-order valence-corrected chi connectivity index (χ3v) is 3.48. The quantitative estimate of drug-likeness (QED) is 0.776. The Morgan fingerprint density at radius 2 is 1.65 bits per heavy atom. The average molecular weight is 316 g/mol. The molecule has 0 aliphatic rings. The van der Waals surface area contributed by atoms with Gasteiger partial charge in [0.05, 0.1) is 22.3 Å². The van der Waals surface area contributed by atoms with Crippen LogP contribution >= 0.6 is 0 Å². The van der Waals surface area contributed by atoms with E-state index in [2.05, 4.69) is 4.98 Å². The Labute approximate surface area is 129 Å². The summed E-state index contributed by atoms with van der Waals surface area (Å²) in [5.74, 6) is -0.682. The second-order valence-electron chi connectivity index (χ2n) is 5.02. The number of carbonyl (C=O) groups excluding carboxylic acids is 1. The lowest BCUT2D eigenvalue weighted by Gasteiger charge is -2.10. The second kappa shape index (κ2) is 5.39. The van der Waals surface area contributed by atoms with Crippen LogP contribution in [0.3, 0.4) is 0 Å². The Morgan fingerprint density at radius 3 is 2.26 bits per heavy atom. The van der Waals surface area contributed by atoms with Crippen LogP contribution in [0.4, 0.5) is 13.2 Å². The van der Waals surface area contributed by atoms with Crippen LogP contribution in [0.25, 0.3) is 22.2 Å². The summed E-state index contributed by atoms with van der Waals surface area (Å²) in [5, 5.41) is 0.733. The molecule has 0 saturated carbocycles. The SMILES string of the molecule is NC(=O)c1cc2ccccc2nc1-c1ccc(C(F)(F)F)cc1. The van der Waals surface area contributed by atoms with Crippen molar-refractivity contribution < 1.29 is 18.0 Å². The van der Waals surface area contributed by atoms with E-state index in [9.17, 15) is 18.0 Å². The van der Waals surface area contributed by atoms with Crippen molar-refractivity contribution in [2.24, 2.45) is 5.73 Å². The van der Waals surface area contributed by atoms with Crippen molar-refractivity contribution in [1.29, 1.82) is 0 Å². The number of nitrogens with zero attached hydrogens (tertiary/aromatic N) is 1. The van der Waals surface area contributed by atoms with Gasteiger partial charge in [-0.1, -0.05) is 30.3 Å². The van der Waals surface area contributed by atoms with Gasteiger partial charge in [-0.25, -0.2) is 4.98 Å². The van der Waals surface area contributed by atoms with Gasteiger partial charge in [-0.05, 0) is 24.3 Å². The molecule has 1 amide bonds. The van der Waals surface area contributed by atoms with Crippen molar-refractivity contribution in [3.63, 3.8) is 0 Å². The van der Waals surface area contributed by atoms with Gasteiger partial charge in [-0.3, -0.25) is 4.79 Å². The number of benzene rings is 2. The van der Waals surface area contributed by atoms with Gasteiger partial charge in [0.1, 0.15) is 0 Å². The summed E-state index contributed by atoms with van der Waals surface area (Å²) in [5.41, 5.74) is 6.09. The summed E-state index contributed by atoms with van der Waals surface area (Å²) in [7, 11) is 0. The Kier molecular flexibility index (Phi) is 3.52. The zero-order chi connectivity index (χ0) is 16.6. The first-order chi connectivity index (χ1) is 10.9. The van der Waals surface area contributed by atoms with Crippen LogP contribution in [0.2, 0.25) is 0 Å². The first-order valence-electron chi connectivity index (χ1n) is 6.73. The zero-order valence-corrected chi connectivity index (χ0v) is 11.8. The van der Waals surface area contributed by atoms with E-state index in [1.54, 1.807) is 30.3 Å². The van der Waals surface area contributed by atoms with Crippen molar-refractivity contribution >= 4 is 16.8 Å². The molecule has 0 aliphatic heterocycles. The topological polar surface area (TPSA) is 56.0 Å². The average Bonchev–Trinajstić information content (AvgIpc) is 2.53. The molecule has 0 spiro atoms. The molecule has 1 aromatic heterocycles. The number of halogens is 3. The predicted octanol–water partition coefficient (Wildman–Crippen LogP) is 4.02. The second-order valence-corrected chi connectivity index (χ2v) is 5.02. The number of alkyl halides is 3. The van der Waals surface area contributed by atoms with E-state index >= 15 is 0 Å². The largest absolute Gasteiger partial charge is 0.416 e. The summed E-state index contributed by atoms with van der Waals surface area (Å²) < 4.78 is 37.9. The highest BCUT2D eigenvalue weighted by atomic mass is 19.4. The van der Waals surface area contributed by atoms with Gasteiger partial charge in [0, 0.05) is 10.9 Å². The number of pyridine rings is 1. The Morgan fingerprint density at radius 1 is 1.00 bits per heavy atom. The van der Waals surface area contributed by atoms with Crippen molar-refractivity contribution in [1.82, 2.24) is 4.98 Å². The number of aromatic nitrogens is 1. The molecule has 23 heavy (non-hydrogen) atoms. The summed E-state index contributed by atoms with van der Waals surface area (Å²) in [6.45, 7) is 0. The van der Waals surface area contributed by atoms with Crippen LogP contribution in [0.5, 0.6) is 0 Å². The van der Waals surface area contributed by atoms with E-state index < -0.39 is 17.6 Å². The van der Waals surface area contributed by atoms with Crippen molar-refractivity contribution in [3.8, 4) is 11.3 Å². The Bertz CT molecular complexity index is 886. The Hall–Kier alpha value is -2.89. The number of rotatable bonds is 2. The number of fused-ring (bicyclic) bond motifs is 1. The van der Waals surface area contributed by atoms with E-state index in [1.807, 2.05) is 0 Å². The number of hydrogen-bond donors (Lipinski definition) is 1. The van der Waals surface area contributed by atoms with Crippen molar-refractivity contribution in [2.75, 3.05) is 0 Å². The highest BCUT2D eigenvalue weighted by Crippen LogP contribution is 2.32. The molecule has 0 atom stereocenters. The third-order valence-electron chi connectivity index (χ3n) is 3.48. The van der Waals surface area contributed by atoms with Crippen molar-refractivity contribution in [2.45, 2.75) is 6.18 Å². The maximum atomic E-state index is 12.6. The fourth-order valence-electron chi connectivity index (χ4n) is 2.34. The van der Waals surface area contributed by atoms with Gasteiger partial charge in [-0.15, -0.1) is 0 Å². The molecular weight excluding hydrogens is 305 g/mol. The molecule has 3 rings (SSSR count). The molecule has 0 unspecified atom stereocenters. The van der Waals surface area contributed by atoms with Crippen LogP contribution < -0.4 is 5.73 Å². The number of primary amides is 1. The molecule has 2 aromatic carbocycles. The molecule has 6 heteroatoms. The van der Waals surface area contributed by atoms with Gasteiger partial charge >= 0.3 is 6.18 Å². The lowest BCUT2D eigenvalue weighted by molar-refractivity contribution is -0.137. The van der Waals surface area contributed by atoms with Crippen LogP contribution in [-0.4, -0.2) is 10.9 Å². The normalized spacial score (nSPS) is 11.6. The van der Waals surface area contributed by atoms with Crippen LogP contribution in [0.1, 0.15) is 15.9 Å². The fraction of sp³-hybridized carbons (Fsp3) is 0.0588. The third kappa shape index (κ3) is 2.88. The summed E-state index contributed by atoms with van der Waals surface area (Å²) in [4.78, 5) is 16.0. The van der Waals surface area contributed by atoms with E-state index in [0.29, 0.717) is 11.1 Å². The fourth-order valence-corrected chi connectivity index (χ4v) is 2.34. The molecule has 0 fully saturated rings. The lowest BCUT2D eigenvalue weighted by atomic mass is 10.0. The minimum atomic E-state index is -4.41. The monoisotopic (exact) mass is 316 g/mol. The molecule has 0 saturated heterocycles. The van der Waals surface area contributed by atoms with Gasteiger partial charge in [0.15, 0.2) is 0 Å². The standard InChI is InChI=1S/C17H11F3N2O/c18-17(19,20)12-7-5-10(6-8-12)15-13(16(21)23)9-11-3-1-2-4-14(11)22-15/h1-9H,(H2,21,23). The van der Waals surface area contributed by atoms with Crippen LogP contribution in [0.15, 0.2) is 54.6 Å². The molecule has 3 nitrogen and oxygen atoms in total. The smallest absolute Gasteiger partial charge is 0.366 e. The molecule has 0 bridgehead atoms. The molecule has 0 aliphatic carbocycles. The van der Waals surface area contributed by atoms with E-state index in [-0.39, 0.29) is 11.3 Å². The molecule has 116 valence electrons. The van der Waals surface area contributed by atoms with Gasteiger partial charge in [-0.2, -0.15) is 13.2 Å². The number of carbonyl (C=O) groups is 1. The lowest BCUT2D eigenvalue weighted by Crippen LogP contribution is -2.13. The number of amides is 1. The molecule has 2 N–H and O–H groups in total. The number of hydrogen-bond acceptors (Lipinski definition) is 2. The van der Waals surface area contributed by atoms with Crippen LogP contribution in [-0.2, 0) is 6.18 Å². The zero-order valence-electron chi connectivity index (χ0n) is 11.8. The number of para-hydroxylation sites is 1. The summed E-state index contributed by atoms with van der Waals surface area (Å²) >= 11 is 0. The summed E-state index contributed by atoms with van der Waals surface area (Å²) in [6.07, 6.45) is -4.41. The van der Waals surface area contributed by atoms with E-state index in [4.69, 9.17) is 5.73 Å². The van der Waals surface area contributed by atoms with E-state index in [1.165, 1.54) is 12.1 Å².